The Morgan fingerprint density at radius 3 is 1.33 bits per heavy atom. The third-order valence-electron chi connectivity index (χ3n) is 14.1. The number of rotatable bonds is 30. The maximum absolute atomic E-state index is 4.98. The van der Waals surface area contributed by atoms with Crippen molar-refractivity contribution in [1.82, 2.24) is 17.5 Å². The van der Waals surface area contributed by atoms with Gasteiger partial charge in [-0.15, -0.1) is 0 Å². The number of unbranched alkanes of at least 4 members (excludes halogenated alkanes) is 26. The molecule has 0 aliphatic heterocycles. The largest absolute Gasteiger partial charge is 0.173 e. The lowest BCUT2D eigenvalue weighted by Gasteiger charge is -2.33. The fraction of sp³-hybridized carbons (Fsp3) is 0.654. The van der Waals surface area contributed by atoms with Crippen LogP contribution < -0.4 is 0 Å². The van der Waals surface area contributed by atoms with E-state index in [1.54, 1.807) is 5.56 Å². The Morgan fingerprint density at radius 2 is 0.845 bits per heavy atom. The number of fused-ring (bicyclic) bond motifs is 10. The SMILES string of the molecule is CCCCCCCCCCCCCCCCC1(CCCCCCCCCCCCCCCC)c2cc3c(cc2-c2c1ccc1nsnc21)Cc1ccc2nsnc2c1-3. The molecule has 5 aromatic rings. The number of nitrogens with zero attached hydrogens (tertiary/aromatic N) is 4. The van der Waals surface area contributed by atoms with Crippen LogP contribution in [0, 0.1) is 0 Å². The van der Waals surface area contributed by atoms with Gasteiger partial charge >= 0.3 is 0 Å². The van der Waals surface area contributed by atoms with Gasteiger partial charge in [0, 0.05) is 16.5 Å². The van der Waals surface area contributed by atoms with Crippen molar-refractivity contribution in [3.05, 3.63) is 58.7 Å². The lowest BCUT2D eigenvalue weighted by Crippen LogP contribution is -2.25. The number of hydrogen-bond acceptors (Lipinski definition) is 6. The molecule has 0 amide bonds. The van der Waals surface area contributed by atoms with E-state index in [0.29, 0.717) is 0 Å². The van der Waals surface area contributed by atoms with E-state index in [9.17, 15) is 0 Å². The molecule has 4 nitrogen and oxygen atoms in total. The van der Waals surface area contributed by atoms with Gasteiger partial charge in [0.1, 0.15) is 22.1 Å². The van der Waals surface area contributed by atoms with E-state index in [1.807, 2.05) is 0 Å². The van der Waals surface area contributed by atoms with Gasteiger partial charge in [0.15, 0.2) is 0 Å². The first-order chi connectivity index (χ1) is 28.7. The maximum Gasteiger partial charge on any atom is 0.112 e. The molecule has 2 heterocycles. The molecule has 2 aromatic heterocycles. The Bertz CT molecular complexity index is 1960. The minimum Gasteiger partial charge on any atom is -0.173 e. The zero-order chi connectivity index (χ0) is 39.8. The lowest BCUT2D eigenvalue weighted by atomic mass is 9.70. The zero-order valence-electron chi connectivity index (χ0n) is 36.5. The molecule has 314 valence electrons. The Morgan fingerprint density at radius 1 is 0.414 bits per heavy atom. The van der Waals surface area contributed by atoms with Gasteiger partial charge in [0.05, 0.1) is 23.5 Å². The molecule has 6 heteroatoms. The van der Waals surface area contributed by atoms with E-state index >= 15 is 0 Å². The first-order valence-electron chi connectivity index (χ1n) is 24.4. The fourth-order valence-corrected chi connectivity index (χ4v) is 11.8. The second-order valence-corrected chi connectivity index (χ2v) is 19.4. The predicted molar refractivity (Wildman–Crippen MR) is 253 cm³/mol. The molecule has 0 unspecified atom stereocenters. The van der Waals surface area contributed by atoms with Gasteiger partial charge in [-0.1, -0.05) is 206 Å². The minimum atomic E-state index is 0.0166. The molecule has 0 spiro atoms. The quantitative estimate of drug-likeness (QED) is 0.0425. The predicted octanol–water partition coefficient (Wildman–Crippen LogP) is 17.3. The van der Waals surface area contributed by atoms with Crippen molar-refractivity contribution in [2.24, 2.45) is 0 Å². The van der Waals surface area contributed by atoms with Crippen molar-refractivity contribution in [3.63, 3.8) is 0 Å². The molecular weight excluding hydrogens is 745 g/mol. The van der Waals surface area contributed by atoms with Crippen LogP contribution in [0.5, 0.6) is 0 Å². The summed E-state index contributed by atoms with van der Waals surface area (Å²) in [6.07, 6.45) is 42.6. The van der Waals surface area contributed by atoms with Crippen molar-refractivity contribution in [3.8, 4) is 22.3 Å². The summed E-state index contributed by atoms with van der Waals surface area (Å²) >= 11 is 2.73. The highest BCUT2D eigenvalue weighted by Crippen LogP contribution is 2.58. The molecule has 2 aliphatic rings. The van der Waals surface area contributed by atoms with Crippen molar-refractivity contribution in [2.45, 2.75) is 218 Å². The molecule has 0 atom stereocenters. The highest BCUT2D eigenvalue weighted by atomic mass is 32.1. The zero-order valence-corrected chi connectivity index (χ0v) is 38.1. The van der Waals surface area contributed by atoms with Crippen molar-refractivity contribution >= 4 is 45.5 Å². The van der Waals surface area contributed by atoms with Gasteiger partial charge in [0.2, 0.25) is 0 Å². The van der Waals surface area contributed by atoms with E-state index in [2.05, 4.69) is 54.6 Å². The number of aromatic nitrogens is 4. The summed E-state index contributed by atoms with van der Waals surface area (Å²) in [5, 5.41) is 0. The highest BCUT2D eigenvalue weighted by molar-refractivity contribution is 7.00. The topological polar surface area (TPSA) is 51.6 Å². The average molecular weight is 819 g/mol. The van der Waals surface area contributed by atoms with Crippen molar-refractivity contribution in [2.75, 3.05) is 0 Å². The van der Waals surface area contributed by atoms with Crippen LogP contribution >= 0.6 is 23.5 Å². The van der Waals surface area contributed by atoms with Crippen LogP contribution in [0.25, 0.3) is 44.3 Å². The molecule has 2 aliphatic carbocycles. The first-order valence-corrected chi connectivity index (χ1v) is 25.9. The molecule has 3 aromatic carbocycles. The van der Waals surface area contributed by atoms with Crippen LogP contribution in [0.4, 0.5) is 0 Å². The molecule has 0 N–H and O–H groups in total. The monoisotopic (exact) mass is 819 g/mol. The average Bonchev–Trinajstić information content (AvgIpc) is 4.04. The second-order valence-electron chi connectivity index (χ2n) is 18.4. The third-order valence-corrected chi connectivity index (χ3v) is 15.1. The molecule has 0 bridgehead atoms. The van der Waals surface area contributed by atoms with Gasteiger partial charge < -0.3 is 0 Å². The van der Waals surface area contributed by atoms with Gasteiger partial charge in [-0.2, -0.15) is 17.5 Å². The third kappa shape index (κ3) is 10.6. The minimum absolute atomic E-state index is 0.0166. The van der Waals surface area contributed by atoms with Crippen LogP contribution in [-0.4, -0.2) is 17.5 Å². The molecular formula is C52H74N4S2. The normalized spacial score (nSPS) is 13.8. The van der Waals surface area contributed by atoms with Gasteiger partial charge in [0.25, 0.3) is 0 Å². The smallest absolute Gasteiger partial charge is 0.112 e. The Kier molecular flexibility index (Phi) is 17.0. The summed E-state index contributed by atoms with van der Waals surface area (Å²) < 4.78 is 19.2. The Balaban J connectivity index is 1.01. The van der Waals surface area contributed by atoms with Gasteiger partial charge in [-0.05, 0) is 76.9 Å². The maximum atomic E-state index is 4.98. The summed E-state index contributed by atoms with van der Waals surface area (Å²) in [6.45, 7) is 4.62. The second kappa shape index (κ2) is 22.8. The summed E-state index contributed by atoms with van der Waals surface area (Å²) in [5.41, 5.74) is 15.8. The molecule has 0 fully saturated rings. The molecule has 7 rings (SSSR count). The standard InChI is InChI=1S/C52H74N4S2/c1-3-5-7-9-11-13-15-17-19-21-23-25-27-29-35-52(36-30-28-26-24-22-20-18-16-14-12-10-8-6-4-2)44-32-34-47-51(56-58-54-47)49(44)43-38-41-37-40-31-33-46-50(55-57-53-46)48(40)42(41)39-45(43)52/h31-34,38-39H,3-30,35-37H2,1-2H3. The van der Waals surface area contributed by atoms with Crippen molar-refractivity contribution in [1.29, 1.82) is 0 Å². The molecule has 0 radical (unpaired) electrons. The lowest BCUT2D eigenvalue weighted by molar-refractivity contribution is 0.397. The van der Waals surface area contributed by atoms with E-state index < -0.39 is 0 Å². The summed E-state index contributed by atoms with van der Waals surface area (Å²) in [7, 11) is 0. The van der Waals surface area contributed by atoms with Gasteiger partial charge in [-0.25, -0.2) is 0 Å². The van der Waals surface area contributed by atoms with Crippen LogP contribution in [-0.2, 0) is 11.8 Å². The first kappa shape index (κ1) is 43.4. The molecule has 58 heavy (non-hydrogen) atoms. The van der Waals surface area contributed by atoms with E-state index in [1.165, 1.54) is 255 Å². The molecule has 0 saturated carbocycles. The Labute approximate surface area is 360 Å². The van der Waals surface area contributed by atoms with E-state index in [-0.39, 0.29) is 5.41 Å². The van der Waals surface area contributed by atoms with Crippen molar-refractivity contribution < 1.29 is 0 Å². The number of benzene rings is 3. The summed E-state index contributed by atoms with van der Waals surface area (Å²) in [4.78, 5) is 0. The number of hydrogen-bond donors (Lipinski definition) is 0. The van der Waals surface area contributed by atoms with E-state index in [0.717, 1.165) is 28.5 Å². The van der Waals surface area contributed by atoms with Crippen LogP contribution in [0.15, 0.2) is 36.4 Å². The van der Waals surface area contributed by atoms with Crippen LogP contribution in [0.2, 0.25) is 0 Å². The van der Waals surface area contributed by atoms with Gasteiger partial charge in [-0.3, -0.25) is 0 Å². The Hall–Kier alpha value is -2.70. The molecule has 0 saturated heterocycles. The highest BCUT2D eigenvalue weighted by Gasteiger charge is 2.44. The van der Waals surface area contributed by atoms with E-state index in [4.69, 9.17) is 13.1 Å². The summed E-state index contributed by atoms with van der Waals surface area (Å²) in [5.74, 6) is 0. The van der Waals surface area contributed by atoms with Crippen LogP contribution in [0.1, 0.15) is 229 Å². The fourth-order valence-electron chi connectivity index (χ4n) is 10.7. The van der Waals surface area contributed by atoms with Crippen LogP contribution in [0.3, 0.4) is 0 Å². The summed E-state index contributed by atoms with van der Waals surface area (Å²) in [6, 6.07) is 14.4.